The number of hydrogen-bond acceptors (Lipinski definition) is 3. The zero-order valence-electron chi connectivity index (χ0n) is 12.4. The number of anilines is 1. The van der Waals surface area contributed by atoms with E-state index in [2.05, 4.69) is 13.8 Å². The summed E-state index contributed by atoms with van der Waals surface area (Å²) in [7, 11) is 0. The fourth-order valence-corrected chi connectivity index (χ4v) is 2.58. The van der Waals surface area contributed by atoms with Crippen LogP contribution >= 0.6 is 11.6 Å². The first-order valence-corrected chi connectivity index (χ1v) is 7.38. The Balaban J connectivity index is 2.78. The lowest BCUT2D eigenvalue weighted by Crippen LogP contribution is -2.23. The maximum Gasteiger partial charge on any atom is 0.199 e. The number of benzene rings is 1. The minimum atomic E-state index is -0.0439. The molecule has 0 N–H and O–H groups in total. The van der Waals surface area contributed by atoms with E-state index in [9.17, 15) is 4.79 Å². The van der Waals surface area contributed by atoms with Crippen molar-refractivity contribution in [2.45, 2.75) is 33.6 Å². The molecule has 0 atom stereocenters. The van der Waals surface area contributed by atoms with Gasteiger partial charge in [-0.15, -0.1) is 0 Å². The van der Waals surface area contributed by atoms with Crippen molar-refractivity contribution in [3.8, 4) is 0 Å². The third-order valence-corrected chi connectivity index (χ3v) is 3.72. The summed E-state index contributed by atoms with van der Waals surface area (Å²) in [5.41, 5.74) is 1.58. The standard InChI is InChI=1S/C16H20ClNO2/c1-5-18(6-2)15-9-14(19)13-8-11(17)7-12(10(3)4)16(13)20-15/h7-10H,5-6H2,1-4H3. The van der Waals surface area contributed by atoms with Crippen LogP contribution in [-0.4, -0.2) is 13.1 Å². The lowest BCUT2D eigenvalue weighted by Gasteiger charge is -2.20. The van der Waals surface area contributed by atoms with Crippen molar-refractivity contribution in [2.75, 3.05) is 18.0 Å². The summed E-state index contributed by atoms with van der Waals surface area (Å²) >= 11 is 6.11. The van der Waals surface area contributed by atoms with Crippen molar-refractivity contribution in [3.05, 3.63) is 39.0 Å². The average Bonchev–Trinajstić information content (AvgIpc) is 2.40. The molecule has 0 radical (unpaired) electrons. The Kier molecular flexibility index (Phi) is 4.39. The summed E-state index contributed by atoms with van der Waals surface area (Å²) in [5.74, 6) is 0.864. The third-order valence-electron chi connectivity index (χ3n) is 3.51. The van der Waals surface area contributed by atoms with Crippen LogP contribution in [0.15, 0.2) is 27.4 Å². The predicted octanol–water partition coefficient (Wildman–Crippen LogP) is 4.42. The van der Waals surface area contributed by atoms with Crippen molar-refractivity contribution in [2.24, 2.45) is 0 Å². The van der Waals surface area contributed by atoms with Gasteiger partial charge in [0.05, 0.1) is 5.39 Å². The summed E-state index contributed by atoms with van der Waals surface area (Å²) in [6.45, 7) is 9.81. The molecule has 0 unspecified atom stereocenters. The van der Waals surface area contributed by atoms with Gasteiger partial charge in [-0.2, -0.15) is 0 Å². The van der Waals surface area contributed by atoms with Crippen molar-refractivity contribution in [1.82, 2.24) is 0 Å². The van der Waals surface area contributed by atoms with Crippen LogP contribution in [-0.2, 0) is 0 Å². The molecule has 2 rings (SSSR count). The highest BCUT2D eigenvalue weighted by atomic mass is 35.5. The van der Waals surface area contributed by atoms with Crippen molar-refractivity contribution >= 4 is 28.5 Å². The molecule has 0 amide bonds. The summed E-state index contributed by atoms with van der Waals surface area (Å²) in [4.78, 5) is 14.3. The Hall–Kier alpha value is -1.48. The number of rotatable bonds is 4. The molecule has 1 aromatic heterocycles. The Morgan fingerprint density at radius 1 is 1.20 bits per heavy atom. The maximum absolute atomic E-state index is 12.3. The molecule has 0 saturated heterocycles. The molecule has 20 heavy (non-hydrogen) atoms. The van der Waals surface area contributed by atoms with Gasteiger partial charge in [-0.1, -0.05) is 25.4 Å². The van der Waals surface area contributed by atoms with Gasteiger partial charge < -0.3 is 9.32 Å². The SMILES string of the molecule is CCN(CC)c1cc(=O)c2cc(Cl)cc(C(C)C)c2o1. The summed E-state index contributed by atoms with van der Waals surface area (Å²) in [6, 6.07) is 5.11. The molecule has 1 aromatic carbocycles. The normalized spacial score (nSPS) is 11.3. The molecule has 0 aliphatic heterocycles. The van der Waals surface area contributed by atoms with Gasteiger partial charge in [0.2, 0.25) is 0 Å². The van der Waals surface area contributed by atoms with Gasteiger partial charge >= 0.3 is 0 Å². The number of nitrogens with zero attached hydrogens (tertiary/aromatic N) is 1. The molecule has 0 bridgehead atoms. The first-order chi connectivity index (χ1) is 9.47. The average molecular weight is 294 g/mol. The van der Waals surface area contributed by atoms with Gasteiger partial charge in [-0.25, -0.2) is 0 Å². The van der Waals surface area contributed by atoms with Crippen LogP contribution in [0.5, 0.6) is 0 Å². The van der Waals surface area contributed by atoms with E-state index in [0.29, 0.717) is 21.9 Å². The summed E-state index contributed by atoms with van der Waals surface area (Å²) in [5, 5.41) is 1.13. The molecule has 0 aliphatic rings. The third kappa shape index (κ3) is 2.68. The van der Waals surface area contributed by atoms with Crippen LogP contribution in [0.2, 0.25) is 5.02 Å². The highest BCUT2D eigenvalue weighted by Gasteiger charge is 2.15. The highest BCUT2D eigenvalue weighted by Crippen LogP contribution is 2.30. The quantitative estimate of drug-likeness (QED) is 0.837. The van der Waals surface area contributed by atoms with Crippen LogP contribution in [0.1, 0.15) is 39.2 Å². The van der Waals surface area contributed by atoms with Crippen LogP contribution in [0.3, 0.4) is 0 Å². The predicted molar refractivity (Wildman–Crippen MR) is 85.1 cm³/mol. The van der Waals surface area contributed by atoms with Crippen molar-refractivity contribution < 1.29 is 4.42 Å². The molecule has 0 fully saturated rings. The second-order valence-electron chi connectivity index (χ2n) is 5.15. The maximum atomic E-state index is 12.3. The van der Waals surface area contributed by atoms with E-state index in [-0.39, 0.29) is 11.3 Å². The van der Waals surface area contributed by atoms with Gasteiger partial charge in [-0.05, 0) is 37.5 Å². The molecule has 108 valence electrons. The van der Waals surface area contributed by atoms with Gasteiger partial charge in [0, 0.05) is 24.2 Å². The fraction of sp³-hybridized carbons (Fsp3) is 0.438. The van der Waals surface area contributed by atoms with Gasteiger partial charge in [-0.3, -0.25) is 4.79 Å². The molecule has 1 heterocycles. The van der Waals surface area contributed by atoms with E-state index in [1.165, 1.54) is 0 Å². The Morgan fingerprint density at radius 2 is 1.85 bits per heavy atom. The largest absolute Gasteiger partial charge is 0.440 e. The number of fused-ring (bicyclic) bond motifs is 1. The topological polar surface area (TPSA) is 33.5 Å². The Labute approximate surface area is 124 Å². The molecule has 2 aromatic rings. The molecule has 0 spiro atoms. The van der Waals surface area contributed by atoms with Crippen molar-refractivity contribution in [3.63, 3.8) is 0 Å². The van der Waals surface area contributed by atoms with E-state index in [1.807, 2.05) is 24.8 Å². The molecule has 0 saturated carbocycles. The van der Waals surface area contributed by atoms with E-state index in [4.69, 9.17) is 16.0 Å². The van der Waals surface area contributed by atoms with Gasteiger partial charge in [0.1, 0.15) is 5.58 Å². The van der Waals surface area contributed by atoms with Crippen LogP contribution in [0.25, 0.3) is 11.0 Å². The molecular formula is C16H20ClNO2. The minimum absolute atomic E-state index is 0.0439. The van der Waals surface area contributed by atoms with Crippen LogP contribution in [0.4, 0.5) is 5.88 Å². The second kappa shape index (κ2) is 5.88. The Bertz CT molecular complexity index is 672. The van der Waals surface area contributed by atoms with Gasteiger partial charge in [0.15, 0.2) is 11.3 Å². The van der Waals surface area contributed by atoms with E-state index < -0.39 is 0 Å². The van der Waals surface area contributed by atoms with Crippen LogP contribution < -0.4 is 10.3 Å². The smallest absolute Gasteiger partial charge is 0.199 e. The monoisotopic (exact) mass is 293 g/mol. The first-order valence-electron chi connectivity index (χ1n) is 7.00. The lowest BCUT2D eigenvalue weighted by molar-refractivity contribution is 0.572. The lowest BCUT2D eigenvalue weighted by atomic mass is 10.0. The number of hydrogen-bond donors (Lipinski definition) is 0. The molecule has 0 aliphatic carbocycles. The highest BCUT2D eigenvalue weighted by molar-refractivity contribution is 6.31. The minimum Gasteiger partial charge on any atom is -0.440 e. The summed E-state index contributed by atoms with van der Waals surface area (Å²) < 4.78 is 6.00. The van der Waals surface area contributed by atoms with Crippen molar-refractivity contribution in [1.29, 1.82) is 0 Å². The fourth-order valence-electron chi connectivity index (χ4n) is 2.36. The Morgan fingerprint density at radius 3 is 2.40 bits per heavy atom. The molecule has 4 heteroatoms. The second-order valence-corrected chi connectivity index (χ2v) is 5.58. The van der Waals surface area contributed by atoms with Gasteiger partial charge in [0.25, 0.3) is 0 Å². The molecular weight excluding hydrogens is 274 g/mol. The zero-order chi connectivity index (χ0) is 14.9. The van der Waals surface area contributed by atoms with E-state index in [0.717, 1.165) is 18.7 Å². The first kappa shape index (κ1) is 14.9. The summed E-state index contributed by atoms with van der Waals surface area (Å²) in [6.07, 6.45) is 0. The zero-order valence-corrected chi connectivity index (χ0v) is 13.1. The molecule has 3 nitrogen and oxygen atoms in total. The number of halogens is 1. The van der Waals surface area contributed by atoms with E-state index >= 15 is 0 Å². The van der Waals surface area contributed by atoms with E-state index in [1.54, 1.807) is 12.1 Å². The van der Waals surface area contributed by atoms with Crippen LogP contribution in [0, 0.1) is 0 Å².